The Bertz CT molecular complexity index is 404. The maximum Gasteiger partial charge on any atom is 0.119 e. The maximum atomic E-state index is 5.49. The van der Waals surface area contributed by atoms with Gasteiger partial charge >= 0.3 is 0 Å². The highest BCUT2D eigenvalue weighted by molar-refractivity contribution is 7.99. The molecule has 0 aromatic heterocycles. The van der Waals surface area contributed by atoms with E-state index in [2.05, 4.69) is 42.7 Å². The van der Waals surface area contributed by atoms with Crippen LogP contribution >= 0.6 is 11.8 Å². The normalized spacial score (nSPS) is 21.9. The summed E-state index contributed by atoms with van der Waals surface area (Å²) in [7, 11) is 0. The first-order chi connectivity index (χ1) is 9.81. The molecule has 110 valence electrons. The van der Waals surface area contributed by atoms with Crippen LogP contribution in [0.4, 0.5) is 0 Å². The third kappa shape index (κ3) is 4.88. The van der Waals surface area contributed by atoms with E-state index >= 15 is 0 Å². The van der Waals surface area contributed by atoms with Crippen molar-refractivity contribution in [1.29, 1.82) is 0 Å². The fourth-order valence-electron chi connectivity index (χ4n) is 2.63. The largest absolute Gasteiger partial charge is 0.490 e. The van der Waals surface area contributed by atoms with Crippen LogP contribution in [0.2, 0.25) is 0 Å². The van der Waals surface area contributed by atoms with Crippen LogP contribution in [0.15, 0.2) is 36.9 Å². The van der Waals surface area contributed by atoms with E-state index in [9.17, 15) is 0 Å². The monoisotopic (exact) mass is 291 g/mol. The average Bonchev–Trinajstić information content (AvgIpc) is 2.92. The predicted octanol–water partition coefficient (Wildman–Crippen LogP) is 4.02. The molecule has 1 saturated carbocycles. The molecule has 0 radical (unpaired) electrons. The van der Waals surface area contributed by atoms with Gasteiger partial charge in [-0.1, -0.05) is 31.7 Å². The van der Waals surface area contributed by atoms with Crippen molar-refractivity contribution in [3.05, 3.63) is 42.5 Å². The summed E-state index contributed by atoms with van der Waals surface area (Å²) in [6.07, 6.45) is 5.77. The quantitative estimate of drug-likeness (QED) is 0.731. The standard InChI is InChI=1S/C17H25NOS/c1-3-11-19-16-8-5-14(6-9-16)13-18-15-7-10-17(12-15)20-4-2/h3,5-6,8-9,15,17-18H,1,4,7,10-13H2,2H3. The minimum Gasteiger partial charge on any atom is -0.490 e. The van der Waals surface area contributed by atoms with Gasteiger partial charge < -0.3 is 10.1 Å². The molecule has 1 aromatic rings. The van der Waals surface area contributed by atoms with Gasteiger partial charge in [0, 0.05) is 17.8 Å². The van der Waals surface area contributed by atoms with E-state index in [1.807, 2.05) is 12.1 Å². The van der Waals surface area contributed by atoms with Gasteiger partial charge in [-0.2, -0.15) is 11.8 Å². The van der Waals surface area contributed by atoms with Crippen molar-refractivity contribution in [2.75, 3.05) is 12.4 Å². The van der Waals surface area contributed by atoms with E-state index < -0.39 is 0 Å². The molecule has 2 rings (SSSR count). The summed E-state index contributed by atoms with van der Waals surface area (Å²) in [6.45, 7) is 7.42. The molecule has 0 heterocycles. The van der Waals surface area contributed by atoms with E-state index in [4.69, 9.17) is 4.74 Å². The van der Waals surface area contributed by atoms with E-state index in [0.717, 1.165) is 17.5 Å². The van der Waals surface area contributed by atoms with E-state index in [0.29, 0.717) is 12.6 Å². The molecule has 2 nitrogen and oxygen atoms in total. The third-order valence-corrected chi connectivity index (χ3v) is 4.91. The van der Waals surface area contributed by atoms with Crippen LogP contribution in [-0.4, -0.2) is 23.7 Å². The zero-order chi connectivity index (χ0) is 14.2. The van der Waals surface area contributed by atoms with Crippen molar-refractivity contribution >= 4 is 11.8 Å². The van der Waals surface area contributed by atoms with Crippen LogP contribution in [0.1, 0.15) is 31.7 Å². The van der Waals surface area contributed by atoms with Gasteiger partial charge in [-0.05, 0) is 42.7 Å². The molecule has 0 bridgehead atoms. The lowest BCUT2D eigenvalue weighted by atomic mass is 10.2. The van der Waals surface area contributed by atoms with Crippen LogP contribution in [0, 0.1) is 0 Å². The average molecular weight is 291 g/mol. The first-order valence-electron chi connectivity index (χ1n) is 7.49. The van der Waals surface area contributed by atoms with Gasteiger partial charge in [0.1, 0.15) is 12.4 Å². The Morgan fingerprint density at radius 3 is 2.85 bits per heavy atom. The highest BCUT2D eigenvalue weighted by atomic mass is 32.2. The van der Waals surface area contributed by atoms with Crippen molar-refractivity contribution in [3.8, 4) is 5.75 Å². The number of nitrogens with one attached hydrogen (secondary N) is 1. The summed E-state index contributed by atoms with van der Waals surface area (Å²) in [5, 5.41) is 4.55. The molecule has 1 fully saturated rings. The molecule has 0 aliphatic heterocycles. The van der Waals surface area contributed by atoms with E-state index in [1.165, 1.54) is 30.6 Å². The maximum absolute atomic E-state index is 5.49. The number of rotatable bonds is 8. The molecule has 1 aromatic carbocycles. The highest BCUT2D eigenvalue weighted by Gasteiger charge is 2.23. The number of thioether (sulfide) groups is 1. The van der Waals surface area contributed by atoms with E-state index in [1.54, 1.807) is 6.08 Å². The second-order valence-corrected chi connectivity index (χ2v) is 6.79. The zero-order valence-corrected chi connectivity index (χ0v) is 13.1. The molecule has 1 aliphatic carbocycles. The first-order valence-corrected chi connectivity index (χ1v) is 8.54. The Labute approximate surface area is 127 Å². The van der Waals surface area contributed by atoms with Crippen molar-refractivity contribution in [2.24, 2.45) is 0 Å². The second kappa shape index (κ2) is 8.38. The lowest BCUT2D eigenvalue weighted by molar-refractivity contribution is 0.363. The zero-order valence-electron chi connectivity index (χ0n) is 12.3. The number of ether oxygens (including phenoxy) is 1. The molecule has 0 spiro atoms. The molecule has 0 saturated heterocycles. The highest BCUT2D eigenvalue weighted by Crippen LogP contribution is 2.29. The summed E-state index contributed by atoms with van der Waals surface area (Å²) in [5.41, 5.74) is 1.32. The molecule has 1 N–H and O–H groups in total. The van der Waals surface area contributed by atoms with Gasteiger partial charge in [0.15, 0.2) is 0 Å². The molecular weight excluding hydrogens is 266 g/mol. The molecule has 1 aliphatic rings. The SMILES string of the molecule is C=CCOc1ccc(CNC2CCC(SCC)C2)cc1. The summed E-state index contributed by atoms with van der Waals surface area (Å²) in [6, 6.07) is 9.03. The smallest absolute Gasteiger partial charge is 0.119 e. The minimum atomic E-state index is 0.566. The predicted molar refractivity (Wildman–Crippen MR) is 88.5 cm³/mol. The Hall–Kier alpha value is -0.930. The van der Waals surface area contributed by atoms with Crippen LogP contribution in [0.3, 0.4) is 0 Å². The summed E-state index contributed by atoms with van der Waals surface area (Å²) < 4.78 is 5.49. The fourth-order valence-corrected chi connectivity index (χ4v) is 3.78. The van der Waals surface area contributed by atoms with Gasteiger partial charge in [-0.25, -0.2) is 0 Å². The number of hydrogen-bond acceptors (Lipinski definition) is 3. The lowest BCUT2D eigenvalue weighted by Gasteiger charge is -2.13. The summed E-state index contributed by atoms with van der Waals surface area (Å²) in [5.74, 6) is 2.15. The molecular formula is C17H25NOS. The van der Waals surface area contributed by atoms with Gasteiger partial charge in [-0.15, -0.1) is 0 Å². The molecule has 0 amide bonds. The molecule has 3 heteroatoms. The fraction of sp³-hybridized carbons (Fsp3) is 0.529. The van der Waals surface area contributed by atoms with Gasteiger partial charge in [0.05, 0.1) is 0 Å². The van der Waals surface area contributed by atoms with Crippen molar-refractivity contribution < 1.29 is 4.74 Å². The topological polar surface area (TPSA) is 21.3 Å². The Morgan fingerprint density at radius 1 is 1.35 bits per heavy atom. The third-order valence-electron chi connectivity index (χ3n) is 3.67. The van der Waals surface area contributed by atoms with Gasteiger partial charge in [0.25, 0.3) is 0 Å². The van der Waals surface area contributed by atoms with Gasteiger partial charge in [0.2, 0.25) is 0 Å². The lowest BCUT2D eigenvalue weighted by Crippen LogP contribution is -2.26. The summed E-state index contributed by atoms with van der Waals surface area (Å²) in [4.78, 5) is 0. The Kier molecular flexibility index (Phi) is 6.48. The first kappa shape index (κ1) is 15.5. The van der Waals surface area contributed by atoms with Crippen LogP contribution < -0.4 is 10.1 Å². The molecule has 2 unspecified atom stereocenters. The summed E-state index contributed by atoms with van der Waals surface area (Å²) >= 11 is 2.11. The molecule has 20 heavy (non-hydrogen) atoms. The van der Waals surface area contributed by atoms with Gasteiger partial charge in [-0.3, -0.25) is 0 Å². The van der Waals surface area contributed by atoms with Crippen LogP contribution in [0.25, 0.3) is 0 Å². The van der Waals surface area contributed by atoms with Crippen molar-refractivity contribution in [2.45, 2.75) is 44.0 Å². The number of hydrogen-bond donors (Lipinski definition) is 1. The molecule has 2 atom stereocenters. The van der Waals surface area contributed by atoms with E-state index in [-0.39, 0.29) is 0 Å². The van der Waals surface area contributed by atoms with Crippen molar-refractivity contribution in [1.82, 2.24) is 5.32 Å². The van der Waals surface area contributed by atoms with Crippen LogP contribution in [0.5, 0.6) is 5.75 Å². The van der Waals surface area contributed by atoms with Crippen LogP contribution in [-0.2, 0) is 6.54 Å². The Balaban J connectivity index is 1.72. The Morgan fingerprint density at radius 2 is 2.15 bits per heavy atom. The number of benzene rings is 1. The minimum absolute atomic E-state index is 0.566. The second-order valence-electron chi connectivity index (χ2n) is 5.21. The van der Waals surface area contributed by atoms with Crippen molar-refractivity contribution in [3.63, 3.8) is 0 Å².